The minimum atomic E-state index is -0.710. The van der Waals surface area contributed by atoms with Crippen LogP contribution in [-0.2, 0) is 11.3 Å². The molecule has 1 heterocycles. The van der Waals surface area contributed by atoms with Crippen LogP contribution in [0.15, 0.2) is 41.4 Å². The number of aromatic nitrogens is 1. The average Bonchev–Trinajstić information content (AvgIpc) is 2.96. The predicted molar refractivity (Wildman–Crippen MR) is 94.5 cm³/mol. The molecule has 0 saturated carbocycles. The second kappa shape index (κ2) is 7.76. The third-order valence-electron chi connectivity index (χ3n) is 3.75. The smallest absolute Gasteiger partial charge is 0.283 e. The lowest BCUT2D eigenvalue weighted by molar-refractivity contribution is 0.0994. The summed E-state index contributed by atoms with van der Waals surface area (Å²) in [5.41, 5.74) is 0.484. The predicted octanol–water partition coefficient (Wildman–Crippen LogP) is 3.38. The van der Waals surface area contributed by atoms with Crippen LogP contribution in [0, 0.1) is 11.6 Å². The Morgan fingerprint density at radius 3 is 2.73 bits per heavy atom. The standard InChI is InChI=1S/C18H16F2N2O3S/c1-24-8-7-22-16-13(20)9-11(19)10-15(16)26-18(22)21-17(23)12-5-3-4-6-14(12)25-2/h3-6,9-10H,7-8H2,1-2H3. The Morgan fingerprint density at radius 1 is 1.23 bits per heavy atom. The first kappa shape index (κ1) is 18.2. The van der Waals surface area contributed by atoms with Gasteiger partial charge in [-0.1, -0.05) is 23.5 Å². The van der Waals surface area contributed by atoms with E-state index in [1.807, 2.05) is 0 Å². The summed E-state index contributed by atoms with van der Waals surface area (Å²) < 4.78 is 39.9. The number of carbonyl (C=O) groups excluding carboxylic acids is 1. The molecule has 26 heavy (non-hydrogen) atoms. The maximum Gasteiger partial charge on any atom is 0.283 e. The third-order valence-corrected chi connectivity index (χ3v) is 4.77. The molecule has 0 aliphatic carbocycles. The lowest BCUT2D eigenvalue weighted by atomic mass is 10.2. The highest BCUT2D eigenvalue weighted by Crippen LogP contribution is 2.23. The first-order valence-electron chi connectivity index (χ1n) is 7.74. The summed E-state index contributed by atoms with van der Waals surface area (Å²) in [6.07, 6.45) is 0. The summed E-state index contributed by atoms with van der Waals surface area (Å²) >= 11 is 1.04. The van der Waals surface area contributed by atoms with E-state index in [9.17, 15) is 13.6 Å². The SMILES string of the molecule is COCCn1c(=NC(=O)c2ccccc2OC)sc2cc(F)cc(F)c21. The maximum absolute atomic E-state index is 14.3. The molecule has 1 aromatic heterocycles. The van der Waals surface area contributed by atoms with Gasteiger partial charge < -0.3 is 14.0 Å². The molecule has 3 rings (SSSR count). The highest BCUT2D eigenvalue weighted by molar-refractivity contribution is 7.16. The van der Waals surface area contributed by atoms with Crippen LogP contribution in [-0.4, -0.2) is 31.3 Å². The molecule has 0 unspecified atom stereocenters. The minimum Gasteiger partial charge on any atom is -0.496 e. The third kappa shape index (κ3) is 3.51. The van der Waals surface area contributed by atoms with Crippen molar-refractivity contribution in [2.75, 3.05) is 20.8 Å². The van der Waals surface area contributed by atoms with Crippen LogP contribution < -0.4 is 9.54 Å². The van der Waals surface area contributed by atoms with Gasteiger partial charge in [0.2, 0.25) is 0 Å². The number of methoxy groups -OCH3 is 2. The zero-order valence-electron chi connectivity index (χ0n) is 14.2. The monoisotopic (exact) mass is 378 g/mol. The molecule has 0 fully saturated rings. The summed E-state index contributed by atoms with van der Waals surface area (Å²) in [6, 6.07) is 8.72. The largest absolute Gasteiger partial charge is 0.496 e. The van der Waals surface area contributed by atoms with Gasteiger partial charge in [0, 0.05) is 19.7 Å². The van der Waals surface area contributed by atoms with Gasteiger partial charge in [0.25, 0.3) is 5.91 Å². The zero-order valence-corrected chi connectivity index (χ0v) is 15.0. The molecule has 0 spiro atoms. The minimum absolute atomic E-state index is 0.194. The molecule has 8 heteroatoms. The normalized spacial score (nSPS) is 11.9. The molecule has 0 aliphatic heterocycles. The molecular formula is C18H16F2N2O3S. The molecule has 1 amide bonds. The van der Waals surface area contributed by atoms with E-state index in [2.05, 4.69) is 4.99 Å². The molecule has 0 bridgehead atoms. The van der Waals surface area contributed by atoms with E-state index in [4.69, 9.17) is 9.47 Å². The van der Waals surface area contributed by atoms with Crippen molar-refractivity contribution >= 4 is 27.5 Å². The second-order valence-corrected chi connectivity index (χ2v) is 6.39. The lowest BCUT2D eigenvalue weighted by Crippen LogP contribution is -2.20. The number of para-hydroxylation sites is 1. The van der Waals surface area contributed by atoms with Gasteiger partial charge in [0.1, 0.15) is 11.6 Å². The highest BCUT2D eigenvalue weighted by atomic mass is 32.1. The maximum atomic E-state index is 14.3. The summed E-state index contributed by atoms with van der Waals surface area (Å²) in [7, 11) is 2.98. The number of thiazole rings is 1. The molecule has 2 aromatic carbocycles. The van der Waals surface area contributed by atoms with Gasteiger partial charge in [0.05, 0.1) is 29.5 Å². The van der Waals surface area contributed by atoms with Crippen LogP contribution >= 0.6 is 11.3 Å². The van der Waals surface area contributed by atoms with Gasteiger partial charge in [0.15, 0.2) is 10.6 Å². The van der Waals surface area contributed by atoms with Crippen molar-refractivity contribution in [2.24, 2.45) is 4.99 Å². The molecule has 0 radical (unpaired) electrons. The van der Waals surface area contributed by atoms with Crippen molar-refractivity contribution in [2.45, 2.75) is 6.54 Å². The van der Waals surface area contributed by atoms with E-state index in [0.717, 1.165) is 17.4 Å². The molecule has 0 N–H and O–H groups in total. The van der Waals surface area contributed by atoms with Crippen LogP contribution in [0.25, 0.3) is 10.2 Å². The van der Waals surface area contributed by atoms with Gasteiger partial charge in [-0.15, -0.1) is 0 Å². The molecule has 3 aromatic rings. The number of ether oxygens (including phenoxy) is 2. The van der Waals surface area contributed by atoms with Crippen LogP contribution in [0.1, 0.15) is 10.4 Å². The topological polar surface area (TPSA) is 52.8 Å². The first-order valence-corrected chi connectivity index (χ1v) is 8.56. The zero-order chi connectivity index (χ0) is 18.7. The second-order valence-electron chi connectivity index (χ2n) is 5.38. The fourth-order valence-corrected chi connectivity index (χ4v) is 3.67. The van der Waals surface area contributed by atoms with Crippen LogP contribution in [0.4, 0.5) is 8.78 Å². The van der Waals surface area contributed by atoms with Crippen molar-refractivity contribution in [1.82, 2.24) is 4.57 Å². The fraction of sp³-hybridized carbons (Fsp3) is 0.222. The number of carbonyl (C=O) groups is 1. The number of nitrogens with zero attached hydrogens (tertiary/aromatic N) is 2. The number of benzene rings is 2. The summed E-state index contributed by atoms with van der Waals surface area (Å²) in [5, 5.41) is 0. The number of hydrogen-bond donors (Lipinski definition) is 0. The number of fused-ring (bicyclic) bond motifs is 1. The van der Waals surface area contributed by atoms with E-state index in [-0.39, 0.29) is 22.4 Å². The molecule has 0 atom stereocenters. The van der Waals surface area contributed by atoms with Crippen molar-refractivity contribution in [3.05, 3.63) is 58.4 Å². The lowest BCUT2D eigenvalue weighted by Gasteiger charge is -2.06. The average molecular weight is 378 g/mol. The van der Waals surface area contributed by atoms with Crippen LogP contribution in [0.5, 0.6) is 5.75 Å². The summed E-state index contributed by atoms with van der Waals surface area (Å²) in [6.45, 7) is 0.565. The van der Waals surface area contributed by atoms with E-state index in [1.165, 1.54) is 24.9 Å². The van der Waals surface area contributed by atoms with E-state index in [0.29, 0.717) is 17.1 Å². The van der Waals surface area contributed by atoms with Crippen molar-refractivity contribution in [3.8, 4) is 5.75 Å². The van der Waals surface area contributed by atoms with E-state index in [1.54, 1.807) is 24.3 Å². The van der Waals surface area contributed by atoms with Crippen molar-refractivity contribution in [1.29, 1.82) is 0 Å². The molecule has 136 valence electrons. The Morgan fingerprint density at radius 2 is 2.00 bits per heavy atom. The van der Waals surface area contributed by atoms with Crippen LogP contribution in [0.3, 0.4) is 0 Å². The summed E-state index contributed by atoms with van der Waals surface area (Å²) in [4.78, 5) is 17.0. The van der Waals surface area contributed by atoms with Gasteiger partial charge >= 0.3 is 0 Å². The van der Waals surface area contributed by atoms with E-state index < -0.39 is 17.5 Å². The van der Waals surface area contributed by atoms with Gasteiger partial charge in [-0.25, -0.2) is 8.78 Å². The molecular weight excluding hydrogens is 362 g/mol. The Bertz CT molecular complexity index is 1030. The Balaban J connectivity index is 2.18. The number of rotatable bonds is 5. The van der Waals surface area contributed by atoms with Gasteiger partial charge in [-0.05, 0) is 18.2 Å². The highest BCUT2D eigenvalue weighted by Gasteiger charge is 2.15. The Labute approximate surface area is 152 Å². The van der Waals surface area contributed by atoms with Crippen molar-refractivity contribution < 1.29 is 23.0 Å². The molecule has 5 nitrogen and oxygen atoms in total. The van der Waals surface area contributed by atoms with E-state index >= 15 is 0 Å². The molecule has 0 saturated heterocycles. The summed E-state index contributed by atoms with van der Waals surface area (Å²) in [5.74, 6) is -1.53. The Kier molecular flexibility index (Phi) is 5.43. The van der Waals surface area contributed by atoms with Gasteiger partial charge in [-0.2, -0.15) is 4.99 Å². The van der Waals surface area contributed by atoms with Crippen LogP contribution in [0.2, 0.25) is 0 Å². The number of amides is 1. The number of halogens is 2. The fourth-order valence-electron chi connectivity index (χ4n) is 2.57. The molecule has 0 aliphatic rings. The first-order chi connectivity index (χ1) is 12.5. The van der Waals surface area contributed by atoms with Gasteiger partial charge in [-0.3, -0.25) is 4.79 Å². The Hall–Kier alpha value is -2.58. The van der Waals surface area contributed by atoms with Crippen molar-refractivity contribution in [3.63, 3.8) is 0 Å². The number of hydrogen-bond acceptors (Lipinski definition) is 4. The quantitative estimate of drug-likeness (QED) is 0.684.